The number of aryl methyl sites for hydroxylation is 1. The van der Waals surface area contributed by atoms with Crippen LogP contribution in [0.25, 0.3) is 16.5 Å². The Morgan fingerprint density at radius 3 is 2.35 bits per heavy atom. The molecule has 1 fully saturated rings. The molecule has 1 aliphatic rings. The van der Waals surface area contributed by atoms with E-state index >= 15 is 0 Å². The Balaban J connectivity index is 1.41. The fraction of sp³-hybridized carbons (Fsp3) is 0.207. The van der Waals surface area contributed by atoms with E-state index in [2.05, 4.69) is 5.32 Å². The van der Waals surface area contributed by atoms with E-state index in [4.69, 9.17) is 4.74 Å². The monoisotopic (exact) mass is 499 g/mol. The van der Waals surface area contributed by atoms with E-state index in [-0.39, 0.29) is 11.6 Å². The van der Waals surface area contributed by atoms with Crippen LogP contribution in [-0.2, 0) is 10.3 Å². The highest BCUT2D eigenvalue weighted by Crippen LogP contribution is 2.32. The highest BCUT2D eigenvalue weighted by Gasteiger charge is 2.49. The highest BCUT2D eigenvalue weighted by atomic mass is 19.1. The maximum absolute atomic E-state index is 13.5. The molecule has 0 saturated carbocycles. The van der Waals surface area contributed by atoms with E-state index in [0.717, 1.165) is 27.1 Å². The number of halogens is 1. The normalized spacial score (nSPS) is 17.4. The van der Waals surface area contributed by atoms with Gasteiger partial charge in [-0.2, -0.15) is 0 Å². The Bertz CT molecular complexity index is 1570. The van der Waals surface area contributed by atoms with Gasteiger partial charge in [0.05, 0.1) is 13.7 Å². The first-order valence-corrected chi connectivity index (χ1v) is 11.8. The third-order valence-corrected chi connectivity index (χ3v) is 7.02. The van der Waals surface area contributed by atoms with Crippen molar-refractivity contribution in [1.82, 2.24) is 14.8 Å². The average Bonchev–Trinajstić information content (AvgIpc) is 3.31. The number of amides is 3. The Hall–Kier alpha value is -4.46. The Labute approximate surface area is 213 Å². The number of nitrogens with one attached hydrogen (secondary N) is 1. The molecule has 7 nitrogen and oxygen atoms in total. The van der Waals surface area contributed by atoms with Crippen molar-refractivity contribution in [3.8, 4) is 11.4 Å². The molecule has 3 amide bonds. The molecule has 0 radical (unpaired) electrons. The summed E-state index contributed by atoms with van der Waals surface area (Å²) in [4.78, 5) is 40.6. The summed E-state index contributed by atoms with van der Waals surface area (Å²) in [5, 5.41) is 4.60. The summed E-state index contributed by atoms with van der Waals surface area (Å²) in [5.41, 5.74) is 1.85. The summed E-state index contributed by atoms with van der Waals surface area (Å²) in [6, 6.07) is 18.2. The first-order valence-electron chi connectivity index (χ1n) is 11.8. The first-order chi connectivity index (χ1) is 17.6. The van der Waals surface area contributed by atoms with Crippen LogP contribution in [-0.4, -0.2) is 40.8 Å². The number of hydrogen-bond acceptors (Lipinski definition) is 4. The third kappa shape index (κ3) is 4.04. The molecule has 0 bridgehead atoms. The zero-order valence-corrected chi connectivity index (χ0v) is 21.0. The van der Waals surface area contributed by atoms with Crippen LogP contribution in [0.3, 0.4) is 0 Å². The number of fused-ring (bicyclic) bond motifs is 1. The van der Waals surface area contributed by atoms with Gasteiger partial charge in [-0.25, -0.2) is 9.18 Å². The average molecular weight is 500 g/mol. The number of aromatic nitrogens is 1. The molecule has 1 N–H and O–H groups in total. The molecule has 1 atom stereocenters. The van der Waals surface area contributed by atoms with Crippen molar-refractivity contribution in [3.63, 3.8) is 0 Å². The molecule has 3 aromatic carbocycles. The van der Waals surface area contributed by atoms with Crippen molar-refractivity contribution in [1.29, 1.82) is 0 Å². The molecule has 0 spiro atoms. The predicted octanol–water partition coefficient (Wildman–Crippen LogP) is 5.04. The zero-order valence-electron chi connectivity index (χ0n) is 21.0. The van der Waals surface area contributed by atoms with Crippen molar-refractivity contribution < 1.29 is 23.5 Å². The molecular weight excluding hydrogens is 473 g/mol. The second kappa shape index (κ2) is 8.89. The Kier molecular flexibility index (Phi) is 5.82. The van der Waals surface area contributed by atoms with Crippen LogP contribution in [0.1, 0.15) is 34.2 Å². The lowest BCUT2D eigenvalue weighted by atomic mass is 9.90. The number of imide groups is 1. The minimum Gasteiger partial charge on any atom is -0.497 e. The standard InChI is InChI=1S/C29H26FN3O4/c1-17-13-25(18(2)33(17)23-10-8-22(30)9-11-23)26(34)16-32-27(35)29(3,31-28(32)36)21-7-5-20-15-24(37-4)12-6-19(20)14-21/h5-15H,16H2,1-4H3,(H,31,36)/t29-/m1/s1. The second-order valence-corrected chi connectivity index (χ2v) is 9.39. The number of ether oxygens (including phenoxy) is 1. The molecule has 4 aromatic rings. The van der Waals surface area contributed by atoms with Crippen LogP contribution in [0.2, 0.25) is 0 Å². The van der Waals surface area contributed by atoms with E-state index in [1.54, 1.807) is 45.2 Å². The van der Waals surface area contributed by atoms with Gasteiger partial charge >= 0.3 is 6.03 Å². The molecule has 1 aliphatic heterocycles. The molecule has 0 aliphatic carbocycles. The first kappa shape index (κ1) is 24.2. The molecular formula is C29H26FN3O4. The van der Waals surface area contributed by atoms with Crippen molar-refractivity contribution in [2.24, 2.45) is 0 Å². The minimum atomic E-state index is -1.31. The third-order valence-electron chi connectivity index (χ3n) is 7.02. The van der Waals surface area contributed by atoms with Crippen molar-refractivity contribution in [2.75, 3.05) is 13.7 Å². The summed E-state index contributed by atoms with van der Waals surface area (Å²) in [7, 11) is 1.60. The van der Waals surface area contributed by atoms with E-state index < -0.39 is 24.0 Å². The molecule has 8 heteroatoms. The number of rotatable bonds is 6. The van der Waals surface area contributed by atoms with E-state index in [1.807, 2.05) is 41.8 Å². The fourth-order valence-electron chi connectivity index (χ4n) is 4.96. The lowest BCUT2D eigenvalue weighted by molar-refractivity contribution is -0.130. The van der Waals surface area contributed by atoms with Gasteiger partial charge in [0.25, 0.3) is 5.91 Å². The van der Waals surface area contributed by atoms with Gasteiger partial charge in [-0.05, 0) is 85.6 Å². The van der Waals surface area contributed by atoms with E-state index in [9.17, 15) is 18.8 Å². The van der Waals surface area contributed by atoms with Gasteiger partial charge in [-0.1, -0.05) is 18.2 Å². The van der Waals surface area contributed by atoms with Crippen LogP contribution in [0.4, 0.5) is 9.18 Å². The number of benzene rings is 3. The number of carbonyl (C=O) groups excluding carboxylic acids is 3. The lowest BCUT2D eigenvalue weighted by Crippen LogP contribution is -2.41. The molecule has 1 saturated heterocycles. The van der Waals surface area contributed by atoms with E-state index in [1.165, 1.54) is 12.1 Å². The number of hydrogen-bond donors (Lipinski definition) is 1. The number of carbonyl (C=O) groups is 3. The Morgan fingerprint density at radius 2 is 1.65 bits per heavy atom. The van der Waals surface area contributed by atoms with Gasteiger partial charge in [0.15, 0.2) is 5.78 Å². The molecule has 1 aromatic heterocycles. The van der Waals surface area contributed by atoms with Gasteiger partial charge in [0.1, 0.15) is 17.1 Å². The van der Waals surface area contributed by atoms with Gasteiger partial charge in [0.2, 0.25) is 0 Å². The molecule has 188 valence electrons. The SMILES string of the molecule is COc1ccc2cc([C@@]3(C)NC(=O)N(CC(=O)c4cc(C)n(-c5ccc(F)cc5)c4C)C3=O)ccc2c1. The van der Waals surface area contributed by atoms with Crippen molar-refractivity contribution in [2.45, 2.75) is 26.3 Å². The summed E-state index contributed by atoms with van der Waals surface area (Å²) >= 11 is 0. The number of urea groups is 1. The Morgan fingerprint density at radius 1 is 0.973 bits per heavy atom. The van der Waals surface area contributed by atoms with Crippen molar-refractivity contribution >= 4 is 28.5 Å². The summed E-state index contributed by atoms with van der Waals surface area (Å²) < 4.78 is 20.5. The minimum absolute atomic E-state index is 0.352. The fourth-order valence-corrected chi connectivity index (χ4v) is 4.96. The van der Waals surface area contributed by atoms with Gasteiger partial charge in [-0.3, -0.25) is 14.5 Å². The van der Waals surface area contributed by atoms with Gasteiger partial charge in [0, 0.05) is 22.6 Å². The highest BCUT2D eigenvalue weighted by molar-refractivity contribution is 6.11. The molecule has 2 heterocycles. The van der Waals surface area contributed by atoms with Crippen LogP contribution >= 0.6 is 0 Å². The van der Waals surface area contributed by atoms with E-state index in [0.29, 0.717) is 22.5 Å². The topological polar surface area (TPSA) is 80.6 Å². The molecule has 37 heavy (non-hydrogen) atoms. The van der Waals surface area contributed by atoms with Crippen LogP contribution in [0.15, 0.2) is 66.7 Å². The summed E-state index contributed by atoms with van der Waals surface area (Å²) in [6.45, 7) is 4.87. The van der Waals surface area contributed by atoms with Crippen LogP contribution in [0.5, 0.6) is 5.75 Å². The number of nitrogens with zero attached hydrogens (tertiary/aromatic N) is 2. The largest absolute Gasteiger partial charge is 0.497 e. The zero-order chi connectivity index (χ0) is 26.5. The lowest BCUT2D eigenvalue weighted by Gasteiger charge is -2.22. The molecule has 5 rings (SSSR count). The maximum atomic E-state index is 13.5. The molecule has 0 unspecified atom stereocenters. The van der Waals surface area contributed by atoms with Gasteiger partial charge in [-0.15, -0.1) is 0 Å². The number of methoxy groups -OCH3 is 1. The predicted molar refractivity (Wildman–Crippen MR) is 138 cm³/mol. The van der Waals surface area contributed by atoms with Crippen molar-refractivity contribution in [3.05, 3.63) is 95.1 Å². The number of ketones is 1. The maximum Gasteiger partial charge on any atom is 0.325 e. The summed E-state index contributed by atoms with van der Waals surface area (Å²) in [6.07, 6.45) is 0. The quantitative estimate of drug-likeness (QED) is 0.298. The van der Waals surface area contributed by atoms with Crippen LogP contribution in [0, 0.1) is 19.7 Å². The summed E-state index contributed by atoms with van der Waals surface area (Å²) in [5.74, 6) is -0.485. The second-order valence-electron chi connectivity index (χ2n) is 9.39. The van der Waals surface area contributed by atoms with Crippen LogP contribution < -0.4 is 10.1 Å². The smallest absolute Gasteiger partial charge is 0.325 e. The number of Topliss-reactive ketones (excluding diaryl/α,β-unsaturated/α-hetero) is 1. The van der Waals surface area contributed by atoms with Gasteiger partial charge < -0.3 is 14.6 Å².